The lowest BCUT2D eigenvalue weighted by Gasteiger charge is -2.39. The standard InChI is InChI=1S/C18H33IO3Si/c1-14(13-19)9-11-16(15(2)10-12-17(20)21-6)22-23(7,8)18(3,4)5/h9-12,14-16H,13H2,1-8H3/b11-9-,12-10-/t14-,15+,16+/m1/s1. The molecular weight excluding hydrogens is 419 g/mol. The van der Waals surface area contributed by atoms with Gasteiger partial charge >= 0.3 is 5.97 Å². The van der Waals surface area contributed by atoms with Crippen LogP contribution in [0.2, 0.25) is 18.1 Å². The molecule has 134 valence electrons. The minimum atomic E-state index is -1.88. The van der Waals surface area contributed by atoms with Crippen molar-refractivity contribution in [3.63, 3.8) is 0 Å². The third kappa shape index (κ3) is 8.49. The molecule has 0 aromatic carbocycles. The van der Waals surface area contributed by atoms with Gasteiger partial charge in [-0.25, -0.2) is 4.79 Å². The summed E-state index contributed by atoms with van der Waals surface area (Å²) in [5.41, 5.74) is 0. The van der Waals surface area contributed by atoms with Crippen molar-refractivity contribution in [1.82, 2.24) is 0 Å². The maximum Gasteiger partial charge on any atom is 0.330 e. The van der Waals surface area contributed by atoms with Crippen LogP contribution in [-0.2, 0) is 14.0 Å². The van der Waals surface area contributed by atoms with Gasteiger partial charge in [0.1, 0.15) is 0 Å². The molecule has 0 bridgehead atoms. The summed E-state index contributed by atoms with van der Waals surface area (Å²) >= 11 is 2.39. The molecule has 0 fully saturated rings. The number of hydrogen-bond donors (Lipinski definition) is 0. The van der Waals surface area contributed by atoms with Gasteiger partial charge in [-0.1, -0.05) is 75.4 Å². The quantitative estimate of drug-likeness (QED) is 0.124. The number of carbonyl (C=O) groups excluding carboxylic acids is 1. The highest BCUT2D eigenvalue weighted by Crippen LogP contribution is 2.38. The molecule has 0 saturated carbocycles. The Labute approximate surface area is 157 Å². The molecule has 5 heteroatoms. The van der Waals surface area contributed by atoms with E-state index in [2.05, 4.69) is 87.2 Å². The number of methoxy groups -OCH3 is 1. The first-order chi connectivity index (χ1) is 10.4. The van der Waals surface area contributed by atoms with Crippen LogP contribution in [0.1, 0.15) is 34.6 Å². The summed E-state index contributed by atoms with van der Waals surface area (Å²) < 4.78 is 12.3. The molecule has 0 aliphatic heterocycles. The Hall–Kier alpha value is -0.143. The van der Waals surface area contributed by atoms with Gasteiger partial charge in [0.25, 0.3) is 0 Å². The van der Waals surface area contributed by atoms with Gasteiger partial charge in [-0.3, -0.25) is 0 Å². The van der Waals surface area contributed by atoms with Crippen molar-refractivity contribution < 1.29 is 14.0 Å². The fraction of sp³-hybridized carbons (Fsp3) is 0.722. The number of halogens is 1. The van der Waals surface area contributed by atoms with Crippen LogP contribution in [0.5, 0.6) is 0 Å². The van der Waals surface area contributed by atoms with Gasteiger partial charge in [0.15, 0.2) is 8.32 Å². The zero-order valence-electron chi connectivity index (χ0n) is 15.9. The summed E-state index contributed by atoms with van der Waals surface area (Å²) in [5, 5.41) is 0.153. The SMILES string of the molecule is COC(=O)/C=C\[C@H](C)[C@H](/C=C\[C@@H](C)CI)O[Si](C)(C)C(C)(C)C. The number of esters is 1. The summed E-state index contributed by atoms with van der Waals surface area (Å²) in [7, 11) is -0.489. The van der Waals surface area contributed by atoms with Crippen LogP contribution in [0, 0.1) is 11.8 Å². The molecule has 0 aromatic rings. The molecule has 0 aliphatic carbocycles. The number of carbonyl (C=O) groups is 1. The van der Waals surface area contributed by atoms with Crippen molar-refractivity contribution in [2.75, 3.05) is 11.5 Å². The third-order valence-corrected chi connectivity index (χ3v) is 10.2. The first kappa shape index (κ1) is 22.9. The lowest BCUT2D eigenvalue weighted by Crippen LogP contribution is -2.44. The van der Waals surface area contributed by atoms with Gasteiger partial charge in [-0.05, 0) is 24.1 Å². The van der Waals surface area contributed by atoms with E-state index in [0.29, 0.717) is 5.92 Å². The van der Waals surface area contributed by atoms with E-state index in [0.717, 1.165) is 4.43 Å². The van der Waals surface area contributed by atoms with Crippen LogP contribution >= 0.6 is 22.6 Å². The number of allylic oxidation sites excluding steroid dienone is 1. The van der Waals surface area contributed by atoms with Gasteiger partial charge in [-0.2, -0.15) is 0 Å². The lowest BCUT2D eigenvalue weighted by molar-refractivity contribution is -0.134. The van der Waals surface area contributed by atoms with Crippen molar-refractivity contribution in [2.45, 2.75) is 58.9 Å². The summed E-state index contributed by atoms with van der Waals surface area (Å²) in [6.07, 6.45) is 7.72. The van der Waals surface area contributed by atoms with E-state index in [9.17, 15) is 4.79 Å². The van der Waals surface area contributed by atoms with Crippen LogP contribution in [-0.4, -0.2) is 31.9 Å². The van der Waals surface area contributed by atoms with Crippen LogP contribution in [0.25, 0.3) is 0 Å². The second kappa shape index (κ2) is 9.99. The second-order valence-corrected chi connectivity index (χ2v) is 13.2. The molecule has 23 heavy (non-hydrogen) atoms. The molecule has 0 unspecified atom stereocenters. The van der Waals surface area contributed by atoms with E-state index < -0.39 is 8.32 Å². The Kier molecular flexibility index (Phi) is 9.92. The monoisotopic (exact) mass is 452 g/mol. The molecule has 0 amide bonds. The van der Waals surface area contributed by atoms with E-state index in [4.69, 9.17) is 4.43 Å². The number of ether oxygens (including phenoxy) is 1. The highest BCUT2D eigenvalue weighted by atomic mass is 127. The molecule has 0 radical (unpaired) electrons. The maximum atomic E-state index is 11.3. The van der Waals surface area contributed by atoms with Gasteiger partial charge in [0.2, 0.25) is 0 Å². The first-order valence-corrected chi connectivity index (χ1v) is 12.6. The van der Waals surface area contributed by atoms with Crippen molar-refractivity contribution >= 4 is 36.9 Å². The molecule has 0 rings (SSSR count). The molecule has 0 aromatic heterocycles. The predicted octanol–water partition coefficient (Wildman–Crippen LogP) is 5.37. The predicted molar refractivity (Wildman–Crippen MR) is 110 cm³/mol. The molecule has 0 saturated heterocycles. The summed E-state index contributed by atoms with van der Waals surface area (Å²) in [6, 6.07) is 0. The smallest absolute Gasteiger partial charge is 0.330 e. The van der Waals surface area contributed by atoms with Crippen molar-refractivity contribution in [3.8, 4) is 0 Å². The lowest BCUT2D eigenvalue weighted by atomic mass is 10.0. The largest absolute Gasteiger partial charge is 0.466 e. The molecule has 0 aliphatic rings. The summed E-state index contributed by atoms with van der Waals surface area (Å²) in [6.45, 7) is 15.5. The van der Waals surface area contributed by atoms with Crippen LogP contribution in [0.15, 0.2) is 24.3 Å². The molecule has 3 atom stereocenters. The molecule has 0 heterocycles. The molecular formula is C18H33IO3Si. The average Bonchev–Trinajstić information content (AvgIpc) is 2.46. The van der Waals surface area contributed by atoms with E-state index in [1.165, 1.54) is 13.2 Å². The normalized spacial score (nSPS) is 17.4. The first-order valence-electron chi connectivity index (χ1n) is 8.13. The summed E-state index contributed by atoms with van der Waals surface area (Å²) in [5.74, 6) is 0.298. The topological polar surface area (TPSA) is 35.5 Å². The van der Waals surface area contributed by atoms with Crippen molar-refractivity contribution in [2.24, 2.45) is 11.8 Å². The summed E-state index contributed by atoms with van der Waals surface area (Å²) in [4.78, 5) is 11.3. The second-order valence-electron chi connectivity index (χ2n) is 7.60. The minimum absolute atomic E-state index is 0.0257. The van der Waals surface area contributed by atoms with E-state index >= 15 is 0 Å². The Morgan fingerprint density at radius 1 is 1.17 bits per heavy atom. The highest BCUT2D eigenvalue weighted by Gasteiger charge is 2.39. The Bertz CT molecular complexity index is 424. The number of hydrogen-bond acceptors (Lipinski definition) is 3. The third-order valence-electron chi connectivity index (χ3n) is 4.36. The maximum absolute atomic E-state index is 11.3. The van der Waals surface area contributed by atoms with Crippen LogP contribution in [0.4, 0.5) is 0 Å². The number of alkyl halides is 1. The zero-order chi connectivity index (χ0) is 18.3. The van der Waals surface area contributed by atoms with Crippen LogP contribution in [0.3, 0.4) is 0 Å². The van der Waals surface area contributed by atoms with Crippen molar-refractivity contribution in [3.05, 3.63) is 24.3 Å². The highest BCUT2D eigenvalue weighted by molar-refractivity contribution is 14.1. The van der Waals surface area contributed by atoms with E-state index in [-0.39, 0.29) is 23.0 Å². The average molecular weight is 452 g/mol. The van der Waals surface area contributed by atoms with E-state index in [1.807, 2.05) is 6.08 Å². The Balaban J connectivity index is 5.27. The zero-order valence-corrected chi connectivity index (χ0v) is 19.0. The van der Waals surface area contributed by atoms with Gasteiger partial charge in [0, 0.05) is 16.4 Å². The van der Waals surface area contributed by atoms with Crippen LogP contribution < -0.4 is 0 Å². The molecule has 0 N–H and O–H groups in total. The van der Waals surface area contributed by atoms with Crippen molar-refractivity contribution in [1.29, 1.82) is 0 Å². The number of rotatable bonds is 8. The van der Waals surface area contributed by atoms with Gasteiger partial charge in [-0.15, -0.1) is 0 Å². The molecule has 3 nitrogen and oxygen atoms in total. The molecule has 0 spiro atoms. The van der Waals surface area contributed by atoms with E-state index in [1.54, 1.807) is 0 Å². The fourth-order valence-electron chi connectivity index (χ4n) is 1.60. The fourth-order valence-corrected chi connectivity index (χ4v) is 3.22. The Morgan fingerprint density at radius 3 is 2.17 bits per heavy atom. The Morgan fingerprint density at radius 2 is 1.74 bits per heavy atom. The van der Waals surface area contributed by atoms with Gasteiger partial charge in [0.05, 0.1) is 13.2 Å². The minimum Gasteiger partial charge on any atom is -0.466 e. The van der Waals surface area contributed by atoms with Gasteiger partial charge < -0.3 is 9.16 Å².